The molecule has 7 aromatic rings. The van der Waals surface area contributed by atoms with Gasteiger partial charge in [0.15, 0.2) is 0 Å². The summed E-state index contributed by atoms with van der Waals surface area (Å²) in [6, 6.07) is 15.9. The van der Waals surface area contributed by atoms with E-state index in [9.17, 15) is 40.5 Å². The van der Waals surface area contributed by atoms with Crippen LogP contribution in [0.5, 0.6) is 0 Å². The molecule has 0 atom stereocenters. The van der Waals surface area contributed by atoms with Crippen LogP contribution >= 0.6 is 0 Å². The van der Waals surface area contributed by atoms with Crippen molar-refractivity contribution in [1.82, 2.24) is 35.9 Å². The molecule has 0 unspecified atom stereocenters. The van der Waals surface area contributed by atoms with Crippen molar-refractivity contribution in [2.75, 3.05) is 0 Å². The first-order valence-corrected chi connectivity index (χ1v) is 26.0. The molecule has 23 heteroatoms. The van der Waals surface area contributed by atoms with Gasteiger partial charge in [-0.15, -0.1) is 0 Å². The molecule has 0 spiro atoms. The third-order valence-electron chi connectivity index (χ3n) is 12.3. The van der Waals surface area contributed by atoms with E-state index in [1.54, 1.807) is 55.4 Å². The second kappa shape index (κ2) is 23.1. The molecule has 0 fully saturated rings. The fourth-order valence-corrected chi connectivity index (χ4v) is 11.5. The molecule has 0 saturated carbocycles. The molecular formula is C48H48N12NiO8Se2. The second-order valence-electron chi connectivity index (χ2n) is 15.8. The Hall–Kier alpha value is -6.63. The van der Waals surface area contributed by atoms with Gasteiger partial charge in [-0.25, -0.2) is 9.97 Å². The summed E-state index contributed by atoms with van der Waals surface area (Å²) in [5.41, 5.74) is 4.38. The van der Waals surface area contributed by atoms with Crippen molar-refractivity contribution in [2.45, 2.75) is 107 Å². The van der Waals surface area contributed by atoms with E-state index in [1.165, 1.54) is 0 Å². The Morgan fingerprint density at radius 3 is 0.859 bits per heavy atom. The zero-order chi connectivity index (χ0) is 50.6. The molecule has 9 rings (SSSR count). The van der Waals surface area contributed by atoms with Gasteiger partial charge in [0.1, 0.15) is 22.8 Å². The first-order valence-electron chi connectivity index (χ1n) is 22.9. The predicted octanol–water partition coefficient (Wildman–Crippen LogP) is 10.3. The molecule has 0 amide bonds. The van der Waals surface area contributed by atoms with E-state index in [0.29, 0.717) is 44.5 Å². The Labute approximate surface area is 429 Å². The van der Waals surface area contributed by atoms with Gasteiger partial charge < -0.3 is 9.97 Å². The Morgan fingerprint density at radius 1 is 0.394 bits per heavy atom. The van der Waals surface area contributed by atoms with Crippen molar-refractivity contribution < 1.29 is 36.2 Å². The fraction of sp³-hybridized carbons (Fsp3) is 0.333. The number of fused-ring (bicyclic) bond motifs is 10. The summed E-state index contributed by atoms with van der Waals surface area (Å²) in [4.78, 5) is 68.7. The van der Waals surface area contributed by atoms with E-state index < -0.39 is 42.4 Å². The summed E-state index contributed by atoms with van der Waals surface area (Å²) in [6.07, 6.45) is 1.74. The molecular weight excluding hydrogens is 1090 g/mol. The van der Waals surface area contributed by atoms with Gasteiger partial charge >= 0.3 is 139 Å². The van der Waals surface area contributed by atoms with Crippen LogP contribution in [0.4, 0.5) is 22.7 Å². The second-order valence-corrected chi connectivity index (χ2v) is 18.0. The SMILES string of the molecule is CCC1=C(CC)c2nc1c([N+](=O)[O-])c1nc(c([N+](=O)[O-])c3[n-]c(c(CC)c3CC)c([N+](=O)[O-])c3[n-]c(c(CC)c3CC)c2[N+](=O)[O-])C(CC)=C1CC.[Ni+2].c1ccc2n[se]nc2c1.c1ccc2n[se]nc2c1. The molecule has 0 N–H and O–H groups in total. The number of aryl methyl sites for hydroxylation is 4. The van der Waals surface area contributed by atoms with Gasteiger partial charge in [0.2, 0.25) is 5.69 Å². The van der Waals surface area contributed by atoms with Crippen LogP contribution in [0.1, 0.15) is 126 Å². The number of rotatable bonds is 12. The van der Waals surface area contributed by atoms with Crippen molar-refractivity contribution in [3.63, 3.8) is 0 Å². The molecule has 0 aliphatic carbocycles. The van der Waals surface area contributed by atoms with Gasteiger partial charge in [0.05, 0.1) is 19.7 Å². The fourth-order valence-electron chi connectivity index (χ4n) is 9.34. The molecule has 5 aromatic heterocycles. The number of allylic oxidation sites excluding steroid dienone is 4. The van der Waals surface area contributed by atoms with E-state index in [2.05, 4.69) is 35.9 Å². The molecule has 8 bridgehead atoms. The predicted molar refractivity (Wildman–Crippen MR) is 271 cm³/mol. The average molecular weight is 1140 g/mol. The van der Waals surface area contributed by atoms with Crippen LogP contribution < -0.4 is 9.97 Å². The summed E-state index contributed by atoms with van der Waals surface area (Å²) >= 11 is 0.257. The van der Waals surface area contributed by atoms with Gasteiger partial charge in [-0.1, -0.05) is 99.7 Å². The van der Waals surface area contributed by atoms with E-state index >= 15 is 0 Å². The molecule has 7 heterocycles. The quantitative estimate of drug-likeness (QED) is 0.0624. The molecule has 370 valence electrons. The normalized spacial score (nSPS) is 12.1. The van der Waals surface area contributed by atoms with Crippen molar-refractivity contribution in [1.29, 1.82) is 0 Å². The third-order valence-corrected chi connectivity index (χ3v) is 14.6. The zero-order valence-electron chi connectivity index (χ0n) is 40.0. The van der Waals surface area contributed by atoms with Gasteiger partial charge in [-0.3, -0.25) is 40.5 Å². The average Bonchev–Trinajstić information content (AvgIpc) is 4.21. The Bertz CT molecular complexity index is 3210. The Morgan fingerprint density at radius 2 is 0.634 bits per heavy atom. The molecule has 71 heavy (non-hydrogen) atoms. The molecule has 20 nitrogen and oxygen atoms in total. The molecule has 2 aliphatic heterocycles. The summed E-state index contributed by atoms with van der Waals surface area (Å²) < 4.78 is 16.8. The number of aromatic nitrogens is 8. The first kappa shape index (κ1) is 53.7. The van der Waals surface area contributed by atoms with Crippen LogP contribution in [-0.4, -0.2) is 75.5 Å². The maximum atomic E-state index is 13.2. The summed E-state index contributed by atoms with van der Waals surface area (Å²) in [5.74, 6) is 0. The van der Waals surface area contributed by atoms with Crippen LogP contribution in [0.25, 0.3) is 66.4 Å². The van der Waals surface area contributed by atoms with E-state index in [0.717, 1.165) is 22.1 Å². The number of hydrogen-bond acceptors (Lipinski definition) is 14. The first-order chi connectivity index (χ1) is 33.7. The Balaban J connectivity index is 0.000000355. The van der Waals surface area contributed by atoms with Gasteiger partial charge in [0, 0.05) is 0 Å². The topological polar surface area (TPSA) is 278 Å². The van der Waals surface area contributed by atoms with Crippen molar-refractivity contribution in [3.05, 3.63) is 134 Å². The van der Waals surface area contributed by atoms with E-state index in [4.69, 9.17) is 0 Å². The monoisotopic (exact) mass is 1140 g/mol. The van der Waals surface area contributed by atoms with Gasteiger partial charge in [0.25, 0.3) is 11.4 Å². The molecule has 0 saturated heterocycles. The summed E-state index contributed by atoms with van der Waals surface area (Å²) in [5, 5.41) is 52.6. The van der Waals surface area contributed by atoms with Crippen LogP contribution in [0.3, 0.4) is 0 Å². The number of benzene rings is 2. The van der Waals surface area contributed by atoms with Crippen molar-refractivity contribution in [2.24, 2.45) is 0 Å². The zero-order valence-corrected chi connectivity index (χ0v) is 44.5. The van der Waals surface area contributed by atoms with E-state index in [-0.39, 0.29) is 143 Å². The van der Waals surface area contributed by atoms with Gasteiger partial charge in [-0.05, 0) is 73.7 Å². The third kappa shape index (κ3) is 9.89. The van der Waals surface area contributed by atoms with E-state index in [1.807, 2.05) is 48.5 Å². The Kier molecular flexibility index (Phi) is 17.5. The molecule has 0 radical (unpaired) electrons. The summed E-state index contributed by atoms with van der Waals surface area (Å²) in [6.45, 7) is 14.1. The van der Waals surface area contributed by atoms with Crippen molar-refractivity contribution >= 4 is 119 Å². The number of nitrogens with zero attached hydrogens (tertiary/aromatic N) is 12. The van der Waals surface area contributed by atoms with Gasteiger partial charge in [-0.2, -0.15) is 0 Å². The minimum absolute atomic E-state index is 0. The van der Waals surface area contributed by atoms with Crippen LogP contribution in [-0.2, 0) is 42.2 Å². The maximum absolute atomic E-state index is 13.2. The summed E-state index contributed by atoms with van der Waals surface area (Å²) in [7, 11) is 0. The standard InChI is InChI=1S/C36H40N8O8.2C6H4N2Se.Ni/c1-9-17-18(10-2)26-34(42(47)48)28-21(13-5)22(14-6)30(39-28)36(44(51)52)32-24(16-8)23(15-7)31(40-32)35(43(49)50)29-20(12-4)19(11-3)27(38-29)33(41(45)46)25(17)37-26;2*1-2-4-6-5(3-1)7-9-8-6;/h9-16H2,1-8H3;2*1-4H;/q-2;;;+2. The van der Waals surface area contributed by atoms with Crippen molar-refractivity contribution in [3.8, 4) is 0 Å². The van der Waals surface area contributed by atoms with Crippen LogP contribution in [0, 0.1) is 40.5 Å². The number of hydrogen-bond donors (Lipinski definition) is 0. The van der Waals surface area contributed by atoms with Crippen LogP contribution in [0.2, 0.25) is 0 Å². The molecule has 2 aliphatic rings. The van der Waals surface area contributed by atoms with Crippen LogP contribution in [0.15, 0.2) is 48.5 Å². The number of nitro groups is 4. The minimum atomic E-state index is -0.633. The molecule has 2 aromatic carbocycles.